The molecule has 0 aliphatic rings. The van der Waals surface area contributed by atoms with E-state index in [2.05, 4.69) is 9.47 Å². The van der Waals surface area contributed by atoms with E-state index < -0.39 is 41.5 Å². The van der Waals surface area contributed by atoms with Gasteiger partial charge in [0, 0.05) is 14.2 Å². The lowest BCUT2D eigenvalue weighted by Crippen LogP contribution is -2.27. The van der Waals surface area contributed by atoms with Gasteiger partial charge in [-0.05, 0) is 12.1 Å². The average molecular weight is 258 g/mol. The molecule has 1 rings (SSSR count). The highest BCUT2D eigenvalue weighted by Gasteiger charge is 2.23. The van der Waals surface area contributed by atoms with Crippen molar-refractivity contribution < 1.29 is 27.8 Å². The predicted molar refractivity (Wildman–Crippen MR) is 58.1 cm³/mol. The molecule has 0 amide bonds. The Kier molecular flexibility index (Phi) is 5.06. The molecule has 98 valence electrons. The molecule has 1 aromatic rings. The molecule has 0 aliphatic heterocycles. The van der Waals surface area contributed by atoms with E-state index in [1.165, 1.54) is 20.3 Å². The predicted octanol–water partition coefficient (Wildman–Crippen LogP) is 1.73. The molecular weight excluding hydrogens is 246 g/mol. The van der Waals surface area contributed by atoms with Crippen LogP contribution in [0.15, 0.2) is 18.2 Å². The minimum Gasteiger partial charge on any atom is -0.349 e. The quantitative estimate of drug-likeness (QED) is 0.443. The smallest absolute Gasteiger partial charge is 0.217 e. The molecule has 0 N–H and O–H groups in total. The van der Waals surface area contributed by atoms with Crippen LogP contribution in [-0.4, -0.2) is 32.1 Å². The molecule has 0 saturated heterocycles. The number of carbonyl (C=O) groups excluding carboxylic acids is 2. The molecule has 0 bridgehead atoms. The van der Waals surface area contributed by atoms with Gasteiger partial charge in [0.25, 0.3) is 0 Å². The molecule has 0 fully saturated rings. The molecule has 0 aromatic heterocycles. The Hall–Kier alpha value is -1.66. The SMILES string of the molecule is COC(OC)C(=O)CC(=O)c1cccc(F)c1F. The summed E-state index contributed by atoms with van der Waals surface area (Å²) in [6.07, 6.45) is -1.81. The first-order chi connectivity index (χ1) is 8.51. The van der Waals surface area contributed by atoms with Crippen molar-refractivity contribution in [1.29, 1.82) is 0 Å². The summed E-state index contributed by atoms with van der Waals surface area (Å²) in [5.41, 5.74) is -0.464. The van der Waals surface area contributed by atoms with Crippen molar-refractivity contribution >= 4 is 11.6 Å². The molecule has 0 aliphatic carbocycles. The third-order valence-electron chi connectivity index (χ3n) is 2.28. The van der Waals surface area contributed by atoms with Crippen molar-refractivity contribution in [3.8, 4) is 0 Å². The van der Waals surface area contributed by atoms with Crippen LogP contribution in [0.4, 0.5) is 8.78 Å². The Labute approximate surface area is 103 Å². The van der Waals surface area contributed by atoms with Crippen LogP contribution in [0.1, 0.15) is 16.8 Å². The largest absolute Gasteiger partial charge is 0.349 e. The summed E-state index contributed by atoms with van der Waals surface area (Å²) in [5.74, 6) is -3.88. The summed E-state index contributed by atoms with van der Waals surface area (Å²) in [4.78, 5) is 23.1. The van der Waals surface area contributed by atoms with E-state index >= 15 is 0 Å². The maximum atomic E-state index is 13.3. The van der Waals surface area contributed by atoms with Crippen molar-refractivity contribution in [2.45, 2.75) is 12.7 Å². The van der Waals surface area contributed by atoms with E-state index in [1.807, 2.05) is 0 Å². The molecule has 0 spiro atoms. The highest BCUT2D eigenvalue weighted by Crippen LogP contribution is 2.14. The molecular formula is C12H12F2O4. The second-order valence-electron chi connectivity index (χ2n) is 3.47. The van der Waals surface area contributed by atoms with Gasteiger partial charge in [-0.15, -0.1) is 0 Å². The van der Waals surface area contributed by atoms with E-state index in [-0.39, 0.29) is 0 Å². The second-order valence-corrected chi connectivity index (χ2v) is 3.47. The summed E-state index contributed by atoms with van der Waals surface area (Å²) in [5, 5.41) is 0. The first kappa shape index (κ1) is 14.4. The van der Waals surface area contributed by atoms with Gasteiger partial charge >= 0.3 is 0 Å². The number of hydrogen-bond donors (Lipinski definition) is 0. The van der Waals surface area contributed by atoms with Crippen LogP contribution in [0.2, 0.25) is 0 Å². The highest BCUT2D eigenvalue weighted by atomic mass is 19.2. The summed E-state index contributed by atoms with van der Waals surface area (Å²) in [6, 6.07) is 3.20. The van der Waals surface area contributed by atoms with Crippen LogP contribution in [-0.2, 0) is 14.3 Å². The highest BCUT2D eigenvalue weighted by molar-refractivity contribution is 6.08. The van der Waals surface area contributed by atoms with E-state index in [0.29, 0.717) is 0 Å². The number of hydrogen-bond acceptors (Lipinski definition) is 4. The summed E-state index contributed by atoms with van der Waals surface area (Å²) < 4.78 is 35.5. The Balaban J connectivity index is 2.83. The summed E-state index contributed by atoms with van der Waals surface area (Å²) in [7, 11) is 2.47. The zero-order valence-corrected chi connectivity index (χ0v) is 9.91. The normalized spacial score (nSPS) is 10.7. The topological polar surface area (TPSA) is 52.6 Å². The van der Waals surface area contributed by atoms with Gasteiger partial charge in [-0.1, -0.05) is 6.07 Å². The molecule has 4 nitrogen and oxygen atoms in total. The maximum Gasteiger partial charge on any atom is 0.217 e. The summed E-state index contributed by atoms with van der Waals surface area (Å²) in [6.45, 7) is 0. The van der Waals surface area contributed by atoms with Crippen molar-refractivity contribution in [1.82, 2.24) is 0 Å². The van der Waals surface area contributed by atoms with Crippen LogP contribution >= 0.6 is 0 Å². The number of ketones is 2. The van der Waals surface area contributed by atoms with Crippen molar-refractivity contribution in [2.75, 3.05) is 14.2 Å². The van der Waals surface area contributed by atoms with Gasteiger partial charge in [0.05, 0.1) is 12.0 Å². The number of rotatable bonds is 6. The fourth-order valence-electron chi connectivity index (χ4n) is 1.42. The monoisotopic (exact) mass is 258 g/mol. The first-order valence-electron chi connectivity index (χ1n) is 5.06. The van der Waals surface area contributed by atoms with E-state index in [4.69, 9.17) is 0 Å². The van der Waals surface area contributed by atoms with Gasteiger partial charge in [0.15, 0.2) is 23.2 Å². The Morgan fingerprint density at radius 1 is 1.22 bits per heavy atom. The number of carbonyl (C=O) groups is 2. The molecule has 0 radical (unpaired) electrons. The molecule has 1 aromatic carbocycles. The fourth-order valence-corrected chi connectivity index (χ4v) is 1.42. The Bertz CT molecular complexity index is 455. The lowest BCUT2D eigenvalue weighted by Gasteiger charge is -2.11. The van der Waals surface area contributed by atoms with E-state index in [1.54, 1.807) is 0 Å². The van der Waals surface area contributed by atoms with Gasteiger partial charge in [-0.25, -0.2) is 8.78 Å². The van der Waals surface area contributed by atoms with Crippen molar-refractivity contribution in [3.05, 3.63) is 35.4 Å². The fraction of sp³-hybridized carbons (Fsp3) is 0.333. The minimum atomic E-state index is -1.26. The Morgan fingerprint density at radius 2 is 1.83 bits per heavy atom. The van der Waals surface area contributed by atoms with E-state index in [0.717, 1.165) is 12.1 Å². The number of methoxy groups -OCH3 is 2. The van der Waals surface area contributed by atoms with Gasteiger partial charge < -0.3 is 9.47 Å². The van der Waals surface area contributed by atoms with Gasteiger partial charge in [0.1, 0.15) is 0 Å². The zero-order valence-electron chi connectivity index (χ0n) is 9.91. The van der Waals surface area contributed by atoms with Crippen LogP contribution in [0.25, 0.3) is 0 Å². The molecule has 18 heavy (non-hydrogen) atoms. The lowest BCUT2D eigenvalue weighted by molar-refractivity contribution is -0.155. The van der Waals surface area contributed by atoms with Crippen LogP contribution < -0.4 is 0 Å². The summed E-state index contributed by atoms with van der Waals surface area (Å²) >= 11 is 0. The van der Waals surface area contributed by atoms with Crippen LogP contribution in [0, 0.1) is 11.6 Å². The van der Waals surface area contributed by atoms with Crippen molar-refractivity contribution in [3.63, 3.8) is 0 Å². The number of halogens is 2. The first-order valence-corrected chi connectivity index (χ1v) is 5.06. The second kappa shape index (κ2) is 6.32. The van der Waals surface area contributed by atoms with Crippen LogP contribution in [0.3, 0.4) is 0 Å². The molecule has 0 unspecified atom stereocenters. The number of ether oxygens (including phenoxy) is 2. The Morgan fingerprint density at radius 3 is 2.39 bits per heavy atom. The number of Topliss-reactive ketones (excluding diaryl/α,β-unsaturated/α-hetero) is 2. The minimum absolute atomic E-state index is 0.464. The maximum absolute atomic E-state index is 13.3. The molecule has 0 heterocycles. The molecule has 0 atom stereocenters. The van der Waals surface area contributed by atoms with Gasteiger partial charge in [0.2, 0.25) is 6.29 Å². The average Bonchev–Trinajstić information content (AvgIpc) is 2.34. The molecule has 6 heteroatoms. The third kappa shape index (κ3) is 3.18. The standard InChI is InChI=1S/C12H12F2O4/c1-17-12(18-2)10(16)6-9(15)7-4-3-5-8(13)11(7)14/h3-5,12H,6H2,1-2H3. The molecule has 0 saturated carbocycles. The third-order valence-corrected chi connectivity index (χ3v) is 2.28. The van der Waals surface area contributed by atoms with Gasteiger partial charge in [-0.3, -0.25) is 9.59 Å². The van der Waals surface area contributed by atoms with Gasteiger partial charge in [-0.2, -0.15) is 0 Å². The van der Waals surface area contributed by atoms with E-state index in [9.17, 15) is 18.4 Å². The number of benzene rings is 1. The van der Waals surface area contributed by atoms with Crippen molar-refractivity contribution in [2.24, 2.45) is 0 Å². The zero-order chi connectivity index (χ0) is 13.7. The van der Waals surface area contributed by atoms with Crippen LogP contribution in [0.5, 0.6) is 0 Å². The lowest BCUT2D eigenvalue weighted by atomic mass is 10.0.